The molecule has 88 valence electrons. The summed E-state index contributed by atoms with van der Waals surface area (Å²) >= 11 is 1.48. The highest BCUT2D eigenvalue weighted by Gasteiger charge is 2.08. The molecule has 0 aliphatic heterocycles. The summed E-state index contributed by atoms with van der Waals surface area (Å²) in [4.78, 5) is 15.0. The minimum absolute atomic E-state index is 0.103. The third-order valence-corrected chi connectivity index (χ3v) is 3.03. The van der Waals surface area contributed by atoms with Gasteiger partial charge in [0, 0.05) is 16.8 Å². The number of rotatable bonds is 3. The number of carbonyl (C=O) groups is 1. The van der Waals surface area contributed by atoms with Crippen LogP contribution in [-0.4, -0.2) is 16.1 Å². The summed E-state index contributed by atoms with van der Waals surface area (Å²) in [5, 5.41) is 14.6. The number of thiazole rings is 1. The van der Waals surface area contributed by atoms with Crippen molar-refractivity contribution in [3.05, 3.63) is 34.8 Å². The molecule has 17 heavy (non-hydrogen) atoms. The zero-order valence-corrected chi connectivity index (χ0v) is 9.91. The number of nitrogen functional groups attached to an aromatic ring is 1. The summed E-state index contributed by atoms with van der Waals surface area (Å²) < 4.78 is 0. The molecule has 5 nitrogen and oxygen atoms in total. The van der Waals surface area contributed by atoms with Crippen molar-refractivity contribution in [2.45, 2.75) is 6.92 Å². The first-order valence-corrected chi connectivity index (χ1v) is 5.76. The van der Waals surface area contributed by atoms with E-state index >= 15 is 0 Å². The topological polar surface area (TPSA) is 88.2 Å². The molecule has 2 rings (SSSR count). The Balaban J connectivity index is 2.23. The lowest BCUT2D eigenvalue weighted by molar-refractivity contribution is 0.0698. The highest BCUT2D eigenvalue weighted by molar-refractivity contribution is 7.13. The van der Waals surface area contributed by atoms with Crippen molar-refractivity contribution in [1.29, 1.82) is 0 Å². The Morgan fingerprint density at radius 1 is 1.53 bits per heavy atom. The second-order valence-corrected chi connectivity index (χ2v) is 4.38. The summed E-state index contributed by atoms with van der Waals surface area (Å²) in [6, 6.07) is 4.72. The van der Waals surface area contributed by atoms with Crippen molar-refractivity contribution in [2.24, 2.45) is 0 Å². The molecule has 0 atom stereocenters. The Hall–Kier alpha value is -2.08. The van der Waals surface area contributed by atoms with Gasteiger partial charge in [-0.3, -0.25) is 0 Å². The van der Waals surface area contributed by atoms with Crippen LogP contribution in [-0.2, 0) is 0 Å². The predicted molar refractivity (Wildman–Crippen MR) is 67.9 cm³/mol. The maximum Gasteiger partial charge on any atom is 0.337 e. The lowest BCUT2D eigenvalue weighted by atomic mass is 10.1. The van der Waals surface area contributed by atoms with Gasteiger partial charge in [-0.1, -0.05) is 0 Å². The number of hydrogen-bond donors (Lipinski definition) is 3. The van der Waals surface area contributed by atoms with Crippen LogP contribution in [0.4, 0.5) is 16.5 Å². The summed E-state index contributed by atoms with van der Waals surface area (Å²) in [5.41, 5.74) is 7.64. The standard InChI is InChI=1S/C11H11N3O2S/c1-6-5-17-11(13-6)14-7-2-3-8(10(15)16)9(12)4-7/h2-5H,12H2,1H3,(H,13,14)(H,15,16). The van der Waals surface area contributed by atoms with E-state index in [0.29, 0.717) is 0 Å². The van der Waals surface area contributed by atoms with Crippen LogP contribution < -0.4 is 11.1 Å². The van der Waals surface area contributed by atoms with Crippen molar-refractivity contribution in [2.75, 3.05) is 11.1 Å². The highest BCUT2D eigenvalue weighted by atomic mass is 32.1. The second-order valence-electron chi connectivity index (χ2n) is 3.53. The molecule has 1 heterocycles. The SMILES string of the molecule is Cc1csc(Nc2ccc(C(=O)O)c(N)c2)n1. The van der Waals surface area contributed by atoms with Gasteiger partial charge in [0.2, 0.25) is 0 Å². The van der Waals surface area contributed by atoms with Crippen molar-refractivity contribution < 1.29 is 9.90 Å². The van der Waals surface area contributed by atoms with Crippen LogP contribution in [0.1, 0.15) is 16.1 Å². The number of aryl methyl sites for hydroxylation is 1. The summed E-state index contributed by atoms with van der Waals surface area (Å²) in [6.45, 7) is 1.91. The van der Waals surface area contributed by atoms with Gasteiger partial charge in [-0.2, -0.15) is 0 Å². The van der Waals surface area contributed by atoms with Crippen molar-refractivity contribution in [1.82, 2.24) is 4.98 Å². The Kier molecular flexibility index (Phi) is 2.97. The Labute approximate surface area is 102 Å². The predicted octanol–water partition coefficient (Wildman–Crippen LogP) is 2.48. The van der Waals surface area contributed by atoms with Gasteiger partial charge in [-0.15, -0.1) is 11.3 Å². The van der Waals surface area contributed by atoms with E-state index in [1.54, 1.807) is 12.1 Å². The first-order valence-electron chi connectivity index (χ1n) is 4.88. The number of aromatic carboxylic acids is 1. The van der Waals surface area contributed by atoms with E-state index in [0.717, 1.165) is 16.5 Å². The molecule has 4 N–H and O–H groups in total. The number of carboxylic acids is 1. The molecule has 0 aliphatic carbocycles. The van der Waals surface area contributed by atoms with Gasteiger partial charge in [-0.25, -0.2) is 9.78 Å². The summed E-state index contributed by atoms with van der Waals surface area (Å²) in [7, 11) is 0. The van der Waals surface area contributed by atoms with Crippen LogP contribution >= 0.6 is 11.3 Å². The third-order valence-electron chi connectivity index (χ3n) is 2.15. The lowest BCUT2D eigenvalue weighted by Crippen LogP contribution is -2.02. The molecule has 0 amide bonds. The lowest BCUT2D eigenvalue weighted by Gasteiger charge is -2.05. The number of aromatic nitrogens is 1. The molecule has 6 heteroatoms. The number of anilines is 3. The molecule has 0 radical (unpaired) electrons. The molecule has 0 spiro atoms. The van der Waals surface area contributed by atoms with E-state index in [9.17, 15) is 4.79 Å². The van der Waals surface area contributed by atoms with Crippen LogP contribution in [0.3, 0.4) is 0 Å². The molecular formula is C11H11N3O2S. The number of hydrogen-bond acceptors (Lipinski definition) is 5. The third kappa shape index (κ3) is 2.54. The van der Waals surface area contributed by atoms with E-state index in [4.69, 9.17) is 10.8 Å². The van der Waals surface area contributed by atoms with Crippen LogP contribution in [0.5, 0.6) is 0 Å². The average Bonchev–Trinajstić information content (AvgIpc) is 2.63. The minimum Gasteiger partial charge on any atom is -0.478 e. The molecule has 0 saturated heterocycles. The summed E-state index contributed by atoms with van der Waals surface area (Å²) in [5.74, 6) is -1.03. The molecule has 0 saturated carbocycles. The number of nitrogens with one attached hydrogen (secondary N) is 1. The molecule has 0 fully saturated rings. The van der Waals surface area contributed by atoms with E-state index in [1.165, 1.54) is 17.4 Å². The van der Waals surface area contributed by atoms with Crippen molar-refractivity contribution in [3.8, 4) is 0 Å². The molecule has 1 aromatic heterocycles. The zero-order chi connectivity index (χ0) is 12.4. The Morgan fingerprint density at radius 3 is 2.82 bits per heavy atom. The van der Waals surface area contributed by atoms with Gasteiger partial charge in [0.05, 0.1) is 11.3 Å². The first kappa shape index (κ1) is 11.4. The maximum atomic E-state index is 10.8. The van der Waals surface area contributed by atoms with E-state index < -0.39 is 5.97 Å². The highest BCUT2D eigenvalue weighted by Crippen LogP contribution is 2.23. The molecule has 0 unspecified atom stereocenters. The normalized spacial score (nSPS) is 10.2. The Morgan fingerprint density at radius 2 is 2.29 bits per heavy atom. The number of nitrogens with zero attached hydrogens (tertiary/aromatic N) is 1. The smallest absolute Gasteiger partial charge is 0.337 e. The number of nitrogens with two attached hydrogens (primary N) is 1. The fraction of sp³-hybridized carbons (Fsp3) is 0.0909. The molecule has 1 aromatic carbocycles. The van der Waals surface area contributed by atoms with Crippen molar-refractivity contribution >= 4 is 33.8 Å². The Bertz CT molecular complexity index is 566. The number of carboxylic acid groups (broad SMARTS) is 1. The fourth-order valence-electron chi connectivity index (χ4n) is 1.37. The summed E-state index contributed by atoms with van der Waals surface area (Å²) in [6.07, 6.45) is 0. The second kappa shape index (κ2) is 4.42. The van der Waals surface area contributed by atoms with Crippen LogP contribution in [0.15, 0.2) is 23.6 Å². The van der Waals surface area contributed by atoms with Gasteiger partial charge in [0.25, 0.3) is 0 Å². The quantitative estimate of drug-likeness (QED) is 0.727. The monoisotopic (exact) mass is 249 g/mol. The van der Waals surface area contributed by atoms with Crippen molar-refractivity contribution in [3.63, 3.8) is 0 Å². The first-order chi connectivity index (χ1) is 8.06. The fourth-order valence-corrected chi connectivity index (χ4v) is 2.08. The van der Waals surface area contributed by atoms with E-state index in [-0.39, 0.29) is 11.3 Å². The molecular weight excluding hydrogens is 238 g/mol. The average molecular weight is 249 g/mol. The van der Waals surface area contributed by atoms with Gasteiger partial charge >= 0.3 is 5.97 Å². The van der Waals surface area contributed by atoms with Crippen LogP contribution in [0, 0.1) is 6.92 Å². The van der Waals surface area contributed by atoms with Crippen LogP contribution in [0.2, 0.25) is 0 Å². The van der Waals surface area contributed by atoms with Gasteiger partial charge in [0.15, 0.2) is 5.13 Å². The largest absolute Gasteiger partial charge is 0.478 e. The molecule has 0 bridgehead atoms. The maximum absolute atomic E-state index is 10.8. The van der Waals surface area contributed by atoms with E-state index in [1.807, 2.05) is 12.3 Å². The molecule has 0 aliphatic rings. The van der Waals surface area contributed by atoms with Crippen LogP contribution in [0.25, 0.3) is 0 Å². The van der Waals surface area contributed by atoms with Gasteiger partial charge < -0.3 is 16.2 Å². The molecule has 2 aromatic rings. The minimum atomic E-state index is -1.03. The van der Waals surface area contributed by atoms with Gasteiger partial charge in [0.1, 0.15) is 0 Å². The number of benzene rings is 1. The van der Waals surface area contributed by atoms with E-state index in [2.05, 4.69) is 10.3 Å². The van der Waals surface area contributed by atoms with Gasteiger partial charge in [-0.05, 0) is 25.1 Å². The zero-order valence-electron chi connectivity index (χ0n) is 9.10.